The molecule has 1 aromatic rings. The monoisotopic (exact) mass is 492 g/mol. The number of amides is 2. The smallest absolute Gasteiger partial charge is 0.426 e. The molecule has 0 aliphatic carbocycles. The maximum atomic E-state index is 12.9. The summed E-state index contributed by atoms with van der Waals surface area (Å²) in [5.74, 6) is -2.11. The van der Waals surface area contributed by atoms with E-state index in [2.05, 4.69) is 16.0 Å². The molecule has 194 valence electrons. The number of unbranched alkanes of at least 4 members (excludes halogenated alkanes) is 1. The van der Waals surface area contributed by atoms with E-state index in [1.54, 1.807) is 5.43 Å². The highest BCUT2D eigenvalue weighted by atomic mass is 16.7. The molecule has 0 aromatic heterocycles. The van der Waals surface area contributed by atoms with E-state index in [1.807, 2.05) is 44.2 Å². The average molecular weight is 492 g/mol. The average Bonchev–Trinajstić information content (AvgIpc) is 2.78. The van der Waals surface area contributed by atoms with Gasteiger partial charge in [0.15, 0.2) is 5.03 Å². The lowest BCUT2D eigenvalue weighted by atomic mass is 9.75. The Kier molecular flexibility index (Phi) is 14.0. The summed E-state index contributed by atoms with van der Waals surface area (Å²) in [5, 5.41) is 43.9. The lowest BCUT2D eigenvalue weighted by Crippen LogP contribution is -2.54. The van der Waals surface area contributed by atoms with E-state index < -0.39 is 36.0 Å². The second kappa shape index (κ2) is 16.4. The van der Waals surface area contributed by atoms with Gasteiger partial charge in [-0.1, -0.05) is 49.6 Å². The van der Waals surface area contributed by atoms with Crippen LogP contribution in [-0.2, 0) is 16.0 Å². The van der Waals surface area contributed by atoms with E-state index >= 15 is 0 Å². The van der Waals surface area contributed by atoms with E-state index in [0.29, 0.717) is 19.3 Å². The van der Waals surface area contributed by atoms with Gasteiger partial charge in [0.25, 0.3) is 5.96 Å². The molecule has 0 bridgehead atoms. The fourth-order valence-corrected chi connectivity index (χ4v) is 3.49. The summed E-state index contributed by atoms with van der Waals surface area (Å²) in [6, 6.07) is 9.00. The molecular weight excluding hydrogens is 455 g/mol. The lowest BCUT2D eigenvalue weighted by molar-refractivity contribution is -0.525. The molecule has 0 radical (unpaired) electrons. The first-order valence-corrected chi connectivity index (χ1v) is 11.8. The molecule has 35 heavy (non-hydrogen) atoms. The summed E-state index contributed by atoms with van der Waals surface area (Å²) in [4.78, 5) is 35.7. The standard InChI is InChI=1S/C22H37BN6O6/c1-16(2)15-19(23(32)33)27-21(31)18(12-8-14-25-22(24)28-29(34)35)26-20(30)13-7-6-11-17-9-4-3-5-10-17/h3-5,9-10,16,18-19,32-33H,6-8,11-15H2,1-2H3,(H,26,30)(H,27,31)(H3,24,25,28)/t18-,19-/m0/s1. The zero-order valence-corrected chi connectivity index (χ0v) is 20.3. The number of hydrazine groups is 1. The summed E-state index contributed by atoms with van der Waals surface area (Å²) < 4.78 is 0. The largest absolute Gasteiger partial charge is 0.475 e. The second-order valence-electron chi connectivity index (χ2n) is 8.78. The van der Waals surface area contributed by atoms with Gasteiger partial charge in [-0.2, -0.15) is 0 Å². The summed E-state index contributed by atoms with van der Waals surface area (Å²) >= 11 is 0. The van der Waals surface area contributed by atoms with Crippen LogP contribution in [0.5, 0.6) is 0 Å². The number of nitrogens with zero attached hydrogens (tertiary/aromatic N) is 1. The van der Waals surface area contributed by atoms with Crippen LogP contribution in [-0.4, -0.2) is 58.5 Å². The normalized spacial score (nSPS) is 12.4. The highest BCUT2D eigenvalue weighted by molar-refractivity contribution is 6.43. The van der Waals surface area contributed by atoms with E-state index in [9.17, 15) is 29.8 Å². The van der Waals surface area contributed by atoms with Gasteiger partial charge >= 0.3 is 7.12 Å². The minimum atomic E-state index is -1.74. The van der Waals surface area contributed by atoms with Crippen molar-refractivity contribution < 1.29 is 24.7 Å². The topological polar surface area (TPSA) is 190 Å². The number of carbonyl (C=O) groups excluding carboxylic acids is 2. The molecule has 13 heteroatoms. The van der Waals surface area contributed by atoms with Crippen LogP contribution >= 0.6 is 0 Å². The Morgan fingerprint density at radius 3 is 2.40 bits per heavy atom. The number of carbonyl (C=O) groups is 2. The minimum Gasteiger partial charge on any atom is -0.426 e. The molecule has 0 saturated heterocycles. The Hall–Kier alpha value is -3.19. The lowest BCUT2D eigenvalue weighted by Gasteiger charge is -2.24. The van der Waals surface area contributed by atoms with Crippen molar-refractivity contribution >= 4 is 24.9 Å². The van der Waals surface area contributed by atoms with Crippen LogP contribution in [0.25, 0.3) is 0 Å². The van der Waals surface area contributed by atoms with Crippen molar-refractivity contribution in [3.8, 4) is 0 Å². The van der Waals surface area contributed by atoms with Crippen molar-refractivity contribution in [2.75, 3.05) is 6.54 Å². The Bertz CT molecular complexity index is 811. The van der Waals surface area contributed by atoms with Crippen LogP contribution < -0.4 is 21.4 Å². The number of rotatable bonds is 16. The predicted molar refractivity (Wildman–Crippen MR) is 133 cm³/mol. The molecule has 7 N–H and O–H groups in total. The summed E-state index contributed by atoms with van der Waals surface area (Å²) in [6.07, 6.45) is 3.40. The van der Waals surface area contributed by atoms with Crippen LogP contribution in [0.2, 0.25) is 0 Å². The van der Waals surface area contributed by atoms with Gasteiger partial charge in [0.05, 0.1) is 5.94 Å². The molecule has 0 heterocycles. The van der Waals surface area contributed by atoms with Gasteiger partial charge in [-0.25, -0.2) is 10.1 Å². The Balaban J connectivity index is 2.62. The first-order valence-electron chi connectivity index (χ1n) is 11.8. The summed E-state index contributed by atoms with van der Waals surface area (Å²) in [5.41, 5.74) is 2.86. The van der Waals surface area contributed by atoms with Crippen molar-refractivity contribution in [3.05, 3.63) is 46.0 Å². The third-order valence-electron chi connectivity index (χ3n) is 5.20. The maximum absolute atomic E-state index is 12.9. The fraction of sp³-hybridized carbons (Fsp3) is 0.591. The van der Waals surface area contributed by atoms with Gasteiger partial charge < -0.3 is 26.0 Å². The Labute approximate surface area is 206 Å². The molecule has 12 nitrogen and oxygen atoms in total. The molecular formula is C22H37BN6O6. The highest BCUT2D eigenvalue weighted by Crippen LogP contribution is 2.09. The molecule has 0 aliphatic rings. The molecule has 0 aliphatic heterocycles. The van der Waals surface area contributed by atoms with Crippen molar-refractivity contribution in [2.45, 2.75) is 70.8 Å². The SMILES string of the molecule is CC(C)C[C@H](NC(=O)[C@H](CCCNC(=N)N[N+](=O)[O-])NC(=O)CCCCc1ccccc1)B(O)O. The van der Waals surface area contributed by atoms with Crippen LogP contribution in [0.3, 0.4) is 0 Å². The molecule has 1 rings (SSSR count). The number of hydrogen-bond donors (Lipinski definition) is 7. The highest BCUT2D eigenvalue weighted by Gasteiger charge is 2.29. The van der Waals surface area contributed by atoms with Gasteiger partial charge in [-0.15, -0.1) is 0 Å². The molecule has 0 fully saturated rings. The molecule has 1 aromatic carbocycles. The van der Waals surface area contributed by atoms with Gasteiger partial charge in [-0.3, -0.25) is 15.0 Å². The Morgan fingerprint density at radius 1 is 1.11 bits per heavy atom. The van der Waals surface area contributed by atoms with Crippen molar-refractivity contribution in [1.82, 2.24) is 21.4 Å². The number of aryl methyl sites for hydroxylation is 1. The van der Waals surface area contributed by atoms with Crippen LogP contribution in [0.15, 0.2) is 30.3 Å². The number of nitrogens with one attached hydrogen (secondary N) is 5. The van der Waals surface area contributed by atoms with Gasteiger partial charge in [0.1, 0.15) is 6.04 Å². The number of guanidine groups is 1. The molecule has 0 unspecified atom stereocenters. The summed E-state index contributed by atoms with van der Waals surface area (Å²) in [7, 11) is -1.74. The van der Waals surface area contributed by atoms with Gasteiger partial charge in [-0.05, 0) is 50.0 Å². The zero-order chi connectivity index (χ0) is 26.2. The number of hydrogen-bond acceptors (Lipinski definition) is 7. The molecule has 0 saturated carbocycles. The van der Waals surface area contributed by atoms with Crippen LogP contribution in [0.4, 0.5) is 0 Å². The predicted octanol–water partition coefficient (Wildman–Crippen LogP) is 0.513. The zero-order valence-electron chi connectivity index (χ0n) is 20.3. The minimum absolute atomic E-state index is 0.101. The first-order chi connectivity index (χ1) is 16.6. The summed E-state index contributed by atoms with van der Waals surface area (Å²) in [6.45, 7) is 3.93. The molecule has 0 spiro atoms. The van der Waals surface area contributed by atoms with Gasteiger partial charge in [0, 0.05) is 13.0 Å². The first kappa shape index (κ1) is 29.8. The van der Waals surface area contributed by atoms with Crippen molar-refractivity contribution in [3.63, 3.8) is 0 Å². The molecule has 2 amide bonds. The molecule has 2 atom stereocenters. The van der Waals surface area contributed by atoms with E-state index in [0.717, 1.165) is 12.8 Å². The second-order valence-corrected chi connectivity index (χ2v) is 8.78. The number of benzene rings is 1. The van der Waals surface area contributed by atoms with Crippen molar-refractivity contribution in [2.24, 2.45) is 5.92 Å². The third kappa shape index (κ3) is 14.0. The van der Waals surface area contributed by atoms with E-state index in [-0.39, 0.29) is 31.2 Å². The quantitative estimate of drug-likeness (QED) is 0.0434. The Morgan fingerprint density at radius 2 is 1.80 bits per heavy atom. The maximum Gasteiger partial charge on any atom is 0.475 e. The fourth-order valence-electron chi connectivity index (χ4n) is 3.49. The van der Waals surface area contributed by atoms with Crippen LogP contribution in [0.1, 0.15) is 57.9 Å². The van der Waals surface area contributed by atoms with E-state index in [4.69, 9.17) is 5.41 Å². The van der Waals surface area contributed by atoms with Crippen molar-refractivity contribution in [1.29, 1.82) is 5.41 Å². The van der Waals surface area contributed by atoms with E-state index in [1.165, 1.54) is 5.56 Å². The third-order valence-corrected chi connectivity index (χ3v) is 5.20. The number of nitro groups is 1. The van der Waals surface area contributed by atoms with Gasteiger partial charge in [0.2, 0.25) is 11.8 Å². The van der Waals surface area contributed by atoms with Crippen LogP contribution in [0, 0.1) is 21.4 Å².